The van der Waals surface area contributed by atoms with Crippen LogP contribution < -0.4 is 11.1 Å². The van der Waals surface area contributed by atoms with Gasteiger partial charge in [0.05, 0.1) is 17.3 Å². The number of hydrogen-bond acceptors (Lipinski definition) is 3. The number of nitrogens with one attached hydrogen (secondary N) is 1. The van der Waals surface area contributed by atoms with E-state index in [1.165, 1.54) is 6.20 Å². The van der Waals surface area contributed by atoms with Crippen molar-refractivity contribution in [3.63, 3.8) is 0 Å². The molecule has 3 rings (SSSR count). The second kappa shape index (κ2) is 3.59. The van der Waals surface area contributed by atoms with Gasteiger partial charge in [0.15, 0.2) is 0 Å². The minimum atomic E-state index is -0.464. The third-order valence-corrected chi connectivity index (χ3v) is 2.93. The molecule has 1 atom stereocenters. The highest BCUT2D eigenvalue weighted by molar-refractivity contribution is 6.01. The molecule has 1 unspecified atom stereocenters. The maximum Gasteiger partial charge on any atom is 0.252 e. The van der Waals surface area contributed by atoms with Crippen LogP contribution in [0.3, 0.4) is 0 Å². The van der Waals surface area contributed by atoms with E-state index in [1.807, 2.05) is 30.4 Å². The highest BCUT2D eigenvalue weighted by Gasteiger charge is 2.22. The number of hydrogen-bond donors (Lipinski definition) is 2. The third kappa shape index (κ3) is 1.54. The maximum absolute atomic E-state index is 11.3. The van der Waals surface area contributed by atoms with Crippen LogP contribution in [0.4, 0.5) is 5.69 Å². The zero-order valence-corrected chi connectivity index (χ0v) is 9.05. The Balaban J connectivity index is 2.16. The lowest BCUT2D eigenvalue weighted by molar-refractivity contribution is 0.100. The molecule has 3 N–H and O–H groups in total. The van der Waals surface area contributed by atoms with Gasteiger partial charge < -0.3 is 11.1 Å². The van der Waals surface area contributed by atoms with Crippen molar-refractivity contribution in [1.82, 2.24) is 4.98 Å². The number of carbonyl (C=O) groups excluding carboxylic acids is 1. The van der Waals surface area contributed by atoms with Gasteiger partial charge in [-0.25, -0.2) is 0 Å². The molecule has 1 amide bonds. The molecule has 1 aliphatic carbocycles. The summed E-state index contributed by atoms with van der Waals surface area (Å²) in [7, 11) is 0. The summed E-state index contributed by atoms with van der Waals surface area (Å²) in [6.45, 7) is 0. The average Bonchev–Trinajstić information content (AvgIpc) is 2.35. The fourth-order valence-electron chi connectivity index (χ4n) is 2.10. The quantitative estimate of drug-likeness (QED) is 0.760. The molecular formula is C13H11N3O. The molecular weight excluding hydrogens is 214 g/mol. The van der Waals surface area contributed by atoms with Gasteiger partial charge in [-0.15, -0.1) is 0 Å². The summed E-state index contributed by atoms with van der Waals surface area (Å²) >= 11 is 0. The van der Waals surface area contributed by atoms with E-state index >= 15 is 0 Å². The Kier molecular flexibility index (Phi) is 2.08. The minimum absolute atomic E-state index is 0.105. The number of pyridine rings is 1. The van der Waals surface area contributed by atoms with Gasteiger partial charge in [0, 0.05) is 18.0 Å². The molecule has 17 heavy (non-hydrogen) atoms. The van der Waals surface area contributed by atoms with E-state index in [0.717, 1.165) is 16.8 Å². The van der Waals surface area contributed by atoms with E-state index in [0.29, 0.717) is 5.56 Å². The zero-order valence-electron chi connectivity index (χ0n) is 9.05. The zero-order chi connectivity index (χ0) is 11.8. The summed E-state index contributed by atoms with van der Waals surface area (Å²) in [6, 6.07) is 0.105. The fourth-order valence-corrected chi connectivity index (χ4v) is 2.10. The van der Waals surface area contributed by atoms with Crippen LogP contribution in [0.1, 0.15) is 15.9 Å². The smallest absolute Gasteiger partial charge is 0.252 e. The number of allylic oxidation sites excluding steroid dienone is 2. The first-order chi connectivity index (χ1) is 8.25. The van der Waals surface area contributed by atoms with Gasteiger partial charge in [0.25, 0.3) is 5.91 Å². The first-order valence-corrected chi connectivity index (χ1v) is 5.36. The topological polar surface area (TPSA) is 68.0 Å². The molecule has 84 valence electrons. The second-order valence-corrected chi connectivity index (χ2v) is 4.03. The highest BCUT2D eigenvalue weighted by Crippen LogP contribution is 2.31. The van der Waals surface area contributed by atoms with Crippen molar-refractivity contribution in [2.24, 2.45) is 5.73 Å². The summed E-state index contributed by atoms with van der Waals surface area (Å²) < 4.78 is 0. The van der Waals surface area contributed by atoms with E-state index in [-0.39, 0.29) is 6.04 Å². The van der Waals surface area contributed by atoms with E-state index < -0.39 is 5.91 Å². The van der Waals surface area contributed by atoms with Crippen molar-refractivity contribution in [2.45, 2.75) is 6.04 Å². The molecule has 4 heteroatoms. The lowest BCUT2D eigenvalue weighted by atomic mass is 9.94. The van der Waals surface area contributed by atoms with Crippen LogP contribution in [0.5, 0.6) is 0 Å². The molecule has 4 nitrogen and oxygen atoms in total. The van der Waals surface area contributed by atoms with Crippen molar-refractivity contribution >= 4 is 17.7 Å². The van der Waals surface area contributed by atoms with E-state index in [4.69, 9.17) is 5.73 Å². The van der Waals surface area contributed by atoms with Crippen molar-refractivity contribution < 1.29 is 4.79 Å². The summed E-state index contributed by atoms with van der Waals surface area (Å²) in [4.78, 5) is 15.4. The Morgan fingerprint density at radius 3 is 3.06 bits per heavy atom. The predicted molar refractivity (Wildman–Crippen MR) is 66.4 cm³/mol. The van der Waals surface area contributed by atoms with E-state index in [9.17, 15) is 4.79 Å². The van der Waals surface area contributed by atoms with Gasteiger partial charge in [-0.2, -0.15) is 0 Å². The molecule has 0 aromatic carbocycles. The number of nitrogens with two attached hydrogens (primary N) is 1. The Morgan fingerprint density at radius 2 is 2.24 bits per heavy atom. The summed E-state index contributed by atoms with van der Waals surface area (Å²) in [6.07, 6.45) is 13.3. The SMILES string of the molecule is NC(=O)c1cncc2c1NC1C=CC=CC1=C2. The molecule has 2 heterocycles. The average molecular weight is 225 g/mol. The summed E-state index contributed by atoms with van der Waals surface area (Å²) in [5.41, 5.74) is 8.58. The third-order valence-electron chi connectivity index (χ3n) is 2.93. The van der Waals surface area contributed by atoms with Crippen molar-refractivity contribution in [3.8, 4) is 0 Å². The largest absolute Gasteiger partial charge is 0.373 e. The molecule has 1 aliphatic heterocycles. The Morgan fingerprint density at radius 1 is 1.35 bits per heavy atom. The highest BCUT2D eigenvalue weighted by atomic mass is 16.1. The van der Waals surface area contributed by atoms with Gasteiger partial charge in [-0.05, 0) is 11.6 Å². The van der Waals surface area contributed by atoms with Crippen LogP contribution in [0.15, 0.2) is 42.3 Å². The molecule has 0 radical (unpaired) electrons. The maximum atomic E-state index is 11.3. The molecule has 0 bridgehead atoms. The normalized spacial score (nSPS) is 20.0. The fraction of sp³-hybridized carbons (Fsp3) is 0.0769. The number of aromatic nitrogens is 1. The molecule has 1 aromatic heterocycles. The lowest BCUT2D eigenvalue weighted by Crippen LogP contribution is -2.26. The molecule has 2 aliphatic rings. The second-order valence-electron chi connectivity index (χ2n) is 4.03. The van der Waals surface area contributed by atoms with Gasteiger partial charge in [-0.1, -0.05) is 24.3 Å². The number of amides is 1. The number of rotatable bonds is 1. The minimum Gasteiger partial charge on any atom is -0.373 e. The van der Waals surface area contributed by atoms with Gasteiger partial charge in [0.1, 0.15) is 0 Å². The Hall–Kier alpha value is -2.36. The number of primary amides is 1. The first-order valence-electron chi connectivity index (χ1n) is 5.36. The van der Waals surface area contributed by atoms with Gasteiger partial charge >= 0.3 is 0 Å². The summed E-state index contributed by atoms with van der Waals surface area (Å²) in [5, 5.41) is 3.30. The first kappa shape index (κ1) is 9.84. The van der Waals surface area contributed by atoms with Crippen molar-refractivity contribution in [1.29, 1.82) is 0 Å². The molecule has 1 aromatic rings. The number of nitrogens with zero attached hydrogens (tertiary/aromatic N) is 1. The number of fused-ring (bicyclic) bond motifs is 2. The standard InChI is InChI=1S/C13H11N3O/c14-13(17)10-7-15-6-9-5-8-3-1-2-4-11(8)16-12(9)10/h1-7,11,16H,(H2,14,17). The van der Waals surface area contributed by atoms with Gasteiger partial charge in [-0.3, -0.25) is 9.78 Å². The van der Waals surface area contributed by atoms with Crippen LogP contribution in [0.25, 0.3) is 6.08 Å². The monoisotopic (exact) mass is 225 g/mol. The molecule has 0 saturated carbocycles. The molecule has 0 spiro atoms. The Bertz CT molecular complexity index is 584. The van der Waals surface area contributed by atoms with Crippen LogP contribution in [0.2, 0.25) is 0 Å². The van der Waals surface area contributed by atoms with E-state index in [1.54, 1.807) is 6.20 Å². The van der Waals surface area contributed by atoms with E-state index in [2.05, 4.69) is 10.3 Å². The number of anilines is 1. The number of carbonyl (C=O) groups is 1. The van der Waals surface area contributed by atoms with Gasteiger partial charge in [0.2, 0.25) is 0 Å². The van der Waals surface area contributed by atoms with Crippen LogP contribution in [-0.4, -0.2) is 16.9 Å². The van der Waals surface area contributed by atoms with Crippen molar-refractivity contribution in [2.75, 3.05) is 5.32 Å². The lowest BCUT2D eigenvalue weighted by Gasteiger charge is -2.26. The van der Waals surface area contributed by atoms with Crippen LogP contribution >= 0.6 is 0 Å². The van der Waals surface area contributed by atoms with Crippen LogP contribution in [0, 0.1) is 0 Å². The molecule has 0 saturated heterocycles. The van der Waals surface area contributed by atoms with Crippen LogP contribution in [-0.2, 0) is 0 Å². The van der Waals surface area contributed by atoms with Crippen molar-refractivity contribution in [3.05, 3.63) is 53.4 Å². The molecule has 0 fully saturated rings. The Labute approximate surface area is 98.5 Å². The predicted octanol–water partition coefficient (Wildman–Crippen LogP) is 1.48. The summed E-state index contributed by atoms with van der Waals surface area (Å²) in [5.74, 6) is -0.464.